The first-order chi connectivity index (χ1) is 15.5. The zero-order valence-corrected chi connectivity index (χ0v) is 19.7. The van der Waals surface area contributed by atoms with E-state index >= 15 is 0 Å². The number of rotatable bonds is 7. The Kier molecular flexibility index (Phi) is 7.30. The van der Waals surface area contributed by atoms with Gasteiger partial charge in [-0.15, -0.1) is 0 Å². The zero-order valence-electron chi connectivity index (χ0n) is 18.9. The Balaban J connectivity index is 1.55. The van der Waals surface area contributed by atoms with Gasteiger partial charge >= 0.3 is 0 Å². The summed E-state index contributed by atoms with van der Waals surface area (Å²) in [6.45, 7) is 6.39. The minimum Gasteiger partial charge on any atom is -0.342 e. The van der Waals surface area contributed by atoms with Gasteiger partial charge in [0.2, 0.25) is 5.91 Å². The van der Waals surface area contributed by atoms with E-state index in [2.05, 4.69) is 19.1 Å². The van der Waals surface area contributed by atoms with Gasteiger partial charge in [0.15, 0.2) is 5.16 Å². The van der Waals surface area contributed by atoms with E-state index in [4.69, 9.17) is 4.98 Å². The van der Waals surface area contributed by atoms with Crippen LogP contribution in [0.4, 0.5) is 0 Å². The van der Waals surface area contributed by atoms with Gasteiger partial charge in [-0.05, 0) is 56.2 Å². The summed E-state index contributed by atoms with van der Waals surface area (Å²) in [5.74, 6) is 0.819. The van der Waals surface area contributed by atoms with E-state index in [0.717, 1.165) is 38.8 Å². The smallest absolute Gasteiger partial charge is 0.262 e. The molecule has 0 saturated carbocycles. The summed E-state index contributed by atoms with van der Waals surface area (Å²) in [6, 6.07) is 17.8. The Morgan fingerprint density at radius 2 is 1.78 bits per heavy atom. The van der Waals surface area contributed by atoms with E-state index in [1.807, 2.05) is 54.3 Å². The van der Waals surface area contributed by atoms with Crippen LogP contribution in [-0.2, 0) is 17.8 Å². The van der Waals surface area contributed by atoms with Gasteiger partial charge in [0, 0.05) is 19.6 Å². The normalized spacial score (nSPS) is 15.8. The van der Waals surface area contributed by atoms with Gasteiger partial charge in [0.1, 0.15) is 0 Å². The molecule has 2 heterocycles. The van der Waals surface area contributed by atoms with E-state index in [-0.39, 0.29) is 16.7 Å². The Morgan fingerprint density at radius 1 is 1.09 bits per heavy atom. The number of thioether (sulfide) groups is 1. The highest BCUT2D eigenvalue weighted by Crippen LogP contribution is 2.26. The van der Waals surface area contributed by atoms with Crippen molar-refractivity contribution >= 4 is 28.6 Å². The first-order valence-electron chi connectivity index (χ1n) is 11.5. The van der Waals surface area contributed by atoms with Crippen molar-refractivity contribution in [1.82, 2.24) is 14.5 Å². The molecule has 1 atom stereocenters. The number of carbonyl (C=O) groups is 1. The van der Waals surface area contributed by atoms with Gasteiger partial charge in [-0.3, -0.25) is 14.2 Å². The maximum atomic E-state index is 13.3. The third-order valence-electron chi connectivity index (χ3n) is 6.24. The maximum absolute atomic E-state index is 13.3. The van der Waals surface area contributed by atoms with Crippen LogP contribution in [0.2, 0.25) is 0 Å². The van der Waals surface area contributed by atoms with Crippen LogP contribution in [0.25, 0.3) is 10.9 Å². The number of hydrogen-bond donors (Lipinski definition) is 0. The van der Waals surface area contributed by atoms with Crippen molar-refractivity contribution < 1.29 is 4.79 Å². The molecule has 32 heavy (non-hydrogen) atoms. The molecule has 6 heteroatoms. The number of likely N-dealkylation sites (tertiary alicyclic amines) is 1. The van der Waals surface area contributed by atoms with Gasteiger partial charge in [-0.1, -0.05) is 61.2 Å². The molecular weight excluding hydrogens is 418 g/mol. The molecule has 1 aromatic heterocycles. The molecule has 1 fully saturated rings. The minimum atomic E-state index is -0.281. The van der Waals surface area contributed by atoms with E-state index < -0.39 is 0 Å². The van der Waals surface area contributed by atoms with Crippen molar-refractivity contribution in [3.05, 3.63) is 70.5 Å². The number of piperidine rings is 1. The minimum absolute atomic E-state index is 0.0300. The lowest BCUT2D eigenvalue weighted by Crippen LogP contribution is -2.42. The molecule has 0 radical (unpaired) electrons. The zero-order chi connectivity index (χ0) is 22.5. The second-order valence-corrected chi connectivity index (χ2v) is 10.0. The van der Waals surface area contributed by atoms with Crippen LogP contribution in [0.1, 0.15) is 38.7 Å². The molecule has 1 unspecified atom stereocenters. The van der Waals surface area contributed by atoms with Crippen molar-refractivity contribution in [1.29, 1.82) is 0 Å². The largest absolute Gasteiger partial charge is 0.342 e. The van der Waals surface area contributed by atoms with Crippen molar-refractivity contribution in [3.63, 3.8) is 0 Å². The molecule has 1 aliphatic rings. The van der Waals surface area contributed by atoms with Gasteiger partial charge in [-0.25, -0.2) is 4.98 Å². The van der Waals surface area contributed by atoms with Crippen LogP contribution < -0.4 is 5.56 Å². The monoisotopic (exact) mass is 449 g/mol. The first-order valence-corrected chi connectivity index (χ1v) is 12.4. The number of fused-ring (bicyclic) bond motifs is 1. The van der Waals surface area contributed by atoms with E-state index in [9.17, 15) is 9.59 Å². The highest BCUT2D eigenvalue weighted by Gasteiger charge is 2.26. The lowest BCUT2D eigenvalue weighted by atomic mass is 9.99. The average molecular weight is 450 g/mol. The molecule has 5 nitrogen and oxygen atoms in total. The van der Waals surface area contributed by atoms with Crippen molar-refractivity contribution in [2.24, 2.45) is 5.92 Å². The molecular formula is C26H31N3O2S. The number of carbonyl (C=O) groups excluding carboxylic acids is 1. The highest BCUT2D eigenvalue weighted by atomic mass is 32.2. The molecule has 168 valence electrons. The summed E-state index contributed by atoms with van der Waals surface area (Å²) in [6.07, 6.45) is 3.84. The van der Waals surface area contributed by atoms with Gasteiger partial charge < -0.3 is 4.90 Å². The van der Waals surface area contributed by atoms with E-state index in [1.54, 1.807) is 4.57 Å². The summed E-state index contributed by atoms with van der Waals surface area (Å²) in [5.41, 5.74) is 1.91. The van der Waals surface area contributed by atoms with Gasteiger partial charge in [0.25, 0.3) is 5.56 Å². The molecule has 0 bridgehead atoms. The van der Waals surface area contributed by atoms with E-state index in [1.165, 1.54) is 17.3 Å². The molecule has 1 aliphatic heterocycles. The summed E-state index contributed by atoms with van der Waals surface area (Å²) >= 11 is 1.41. The Bertz CT molecular complexity index is 1120. The number of amides is 1. The van der Waals surface area contributed by atoms with Crippen molar-refractivity contribution in [2.75, 3.05) is 13.1 Å². The Labute approximate surface area is 193 Å². The fourth-order valence-electron chi connectivity index (χ4n) is 4.22. The van der Waals surface area contributed by atoms with Crippen molar-refractivity contribution in [3.8, 4) is 0 Å². The number of para-hydroxylation sites is 1. The predicted octanol–water partition coefficient (Wildman–Crippen LogP) is 4.77. The molecule has 0 aliphatic carbocycles. The van der Waals surface area contributed by atoms with Crippen LogP contribution in [-0.4, -0.2) is 38.7 Å². The molecule has 0 N–H and O–H groups in total. The fourth-order valence-corrected chi connectivity index (χ4v) is 5.23. The van der Waals surface area contributed by atoms with Gasteiger partial charge in [-0.2, -0.15) is 0 Å². The second-order valence-electron chi connectivity index (χ2n) is 8.73. The highest BCUT2D eigenvalue weighted by molar-refractivity contribution is 8.00. The van der Waals surface area contributed by atoms with Crippen LogP contribution >= 0.6 is 11.8 Å². The predicted molar refractivity (Wildman–Crippen MR) is 131 cm³/mol. The molecule has 1 amide bonds. The third kappa shape index (κ3) is 5.23. The maximum Gasteiger partial charge on any atom is 0.262 e. The SMILES string of the molecule is CC1CCN(C(=O)C(C)Sc2nc3ccccc3c(=O)n2CCCc2ccccc2)CC1. The lowest BCUT2D eigenvalue weighted by Gasteiger charge is -2.32. The second kappa shape index (κ2) is 10.3. The standard InChI is InChI=1S/C26H31N3O2S/c1-19-14-17-28(18-15-19)24(30)20(2)32-26-27-23-13-7-6-12-22(23)25(31)29(26)16-8-11-21-9-4-3-5-10-21/h3-7,9-10,12-13,19-20H,8,11,14-18H2,1-2H3. The number of benzene rings is 2. The molecule has 0 spiro atoms. The van der Waals surface area contributed by atoms with Crippen LogP contribution in [0.3, 0.4) is 0 Å². The molecule has 3 aromatic rings. The summed E-state index contributed by atoms with van der Waals surface area (Å²) in [4.78, 5) is 33.1. The molecule has 1 saturated heterocycles. The van der Waals surface area contributed by atoms with Gasteiger partial charge in [0.05, 0.1) is 16.2 Å². The average Bonchev–Trinajstić information content (AvgIpc) is 2.82. The molecule has 2 aromatic carbocycles. The van der Waals surface area contributed by atoms with Crippen molar-refractivity contribution in [2.45, 2.75) is 56.5 Å². The topological polar surface area (TPSA) is 55.2 Å². The Hall–Kier alpha value is -2.60. The lowest BCUT2D eigenvalue weighted by molar-refractivity contribution is -0.131. The fraction of sp³-hybridized carbons (Fsp3) is 0.423. The Morgan fingerprint density at radius 3 is 2.53 bits per heavy atom. The first kappa shape index (κ1) is 22.6. The number of nitrogens with zero attached hydrogens (tertiary/aromatic N) is 3. The summed E-state index contributed by atoms with van der Waals surface area (Å²) in [5, 5.41) is 0.977. The number of aryl methyl sites for hydroxylation is 1. The van der Waals surface area contributed by atoms with Crippen LogP contribution in [0, 0.1) is 5.92 Å². The van der Waals surface area contributed by atoms with Crippen LogP contribution in [0.5, 0.6) is 0 Å². The van der Waals surface area contributed by atoms with E-state index in [0.29, 0.717) is 28.5 Å². The quantitative estimate of drug-likeness (QED) is 0.385. The number of hydrogen-bond acceptors (Lipinski definition) is 4. The van der Waals surface area contributed by atoms with Crippen LogP contribution in [0.15, 0.2) is 64.5 Å². The number of aromatic nitrogens is 2. The third-order valence-corrected chi connectivity index (χ3v) is 7.32. The summed E-state index contributed by atoms with van der Waals surface area (Å²) in [7, 11) is 0. The molecule has 4 rings (SSSR count). The summed E-state index contributed by atoms with van der Waals surface area (Å²) < 4.78 is 1.76.